The number of ketones is 1. The number of rotatable bonds is 3. The Kier molecular flexibility index (Phi) is 3.69. The molecule has 1 heterocycles. The van der Waals surface area contributed by atoms with Gasteiger partial charge in [0.25, 0.3) is 0 Å². The predicted molar refractivity (Wildman–Crippen MR) is 77.6 cm³/mol. The summed E-state index contributed by atoms with van der Waals surface area (Å²) in [5.74, 6) is -2.04. The van der Waals surface area contributed by atoms with Crippen molar-refractivity contribution in [1.29, 1.82) is 0 Å². The second-order valence-electron chi connectivity index (χ2n) is 5.17. The molecule has 1 aliphatic heterocycles. The number of Topliss-reactive ketones (excluding diaryl/α,β-unsaturated/α-hetero) is 1. The molecule has 0 aliphatic carbocycles. The van der Waals surface area contributed by atoms with Gasteiger partial charge in [-0.3, -0.25) is 4.79 Å². The minimum atomic E-state index is -0.936. The van der Waals surface area contributed by atoms with Crippen molar-refractivity contribution in [1.82, 2.24) is 0 Å². The largest absolute Gasteiger partial charge is 0.385 e. The molecule has 108 valence electrons. The molecule has 0 bridgehead atoms. The molecule has 21 heavy (non-hydrogen) atoms. The minimum absolute atomic E-state index is 0.0985. The molecule has 2 aromatic carbocycles. The molecule has 3 rings (SSSR count). The third kappa shape index (κ3) is 2.66. The zero-order chi connectivity index (χ0) is 14.8. The molecule has 1 N–H and O–H groups in total. The van der Waals surface area contributed by atoms with Crippen molar-refractivity contribution in [2.75, 3.05) is 11.9 Å². The van der Waals surface area contributed by atoms with E-state index in [-0.39, 0.29) is 17.8 Å². The Morgan fingerprint density at radius 1 is 1.14 bits per heavy atom. The van der Waals surface area contributed by atoms with Crippen molar-refractivity contribution in [2.45, 2.75) is 19.3 Å². The van der Waals surface area contributed by atoms with Gasteiger partial charge in [-0.05, 0) is 36.1 Å². The maximum atomic E-state index is 13.7. The Morgan fingerprint density at radius 3 is 2.81 bits per heavy atom. The van der Waals surface area contributed by atoms with E-state index in [9.17, 15) is 13.6 Å². The van der Waals surface area contributed by atoms with Crippen LogP contribution >= 0.6 is 0 Å². The third-order valence-corrected chi connectivity index (χ3v) is 3.78. The Balaban J connectivity index is 1.91. The maximum absolute atomic E-state index is 13.7. The van der Waals surface area contributed by atoms with Gasteiger partial charge in [0, 0.05) is 24.2 Å². The van der Waals surface area contributed by atoms with Gasteiger partial charge < -0.3 is 5.32 Å². The van der Waals surface area contributed by atoms with Gasteiger partial charge in [-0.15, -0.1) is 0 Å². The molecule has 1 aliphatic rings. The minimum Gasteiger partial charge on any atom is -0.385 e. The average Bonchev–Trinajstić information content (AvgIpc) is 2.51. The lowest BCUT2D eigenvalue weighted by molar-refractivity contribution is 0.0990. The molecular weight excluding hydrogens is 272 g/mol. The summed E-state index contributed by atoms with van der Waals surface area (Å²) in [6.07, 6.45) is 1.67. The van der Waals surface area contributed by atoms with Crippen LogP contribution in [0, 0.1) is 11.6 Å². The van der Waals surface area contributed by atoms with E-state index in [2.05, 4.69) is 5.32 Å². The summed E-state index contributed by atoms with van der Waals surface area (Å²) in [5.41, 5.74) is 2.64. The van der Waals surface area contributed by atoms with Crippen LogP contribution in [0.5, 0.6) is 0 Å². The first-order valence-corrected chi connectivity index (χ1v) is 6.98. The van der Waals surface area contributed by atoms with Crippen LogP contribution in [0.3, 0.4) is 0 Å². The van der Waals surface area contributed by atoms with Crippen molar-refractivity contribution in [2.24, 2.45) is 0 Å². The van der Waals surface area contributed by atoms with Gasteiger partial charge in [0.1, 0.15) is 0 Å². The number of anilines is 1. The van der Waals surface area contributed by atoms with Gasteiger partial charge >= 0.3 is 0 Å². The maximum Gasteiger partial charge on any atom is 0.167 e. The van der Waals surface area contributed by atoms with Crippen LogP contribution in [0.1, 0.15) is 27.9 Å². The number of halogens is 2. The summed E-state index contributed by atoms with van der Waals surface area (Å²) in [6, 6.07) is 9.43. The van der Waals surface area contributed by atoms with E-state index in [0.29, 0.717) is 5.56 Å². The standard InChI is InChI=1S/C17H15F2NO/c18-14-7-1-4-11(17(14)19)10-16(21)13-5-2-8-15-12(13)6-3-9-20-15/h1-2,4-5,7-8,20H,3,6,9-10H2. The molecular formula is C17H15F2NO. The zero-order valence-electron chi connectivity index (χ0n) is 11.5. The quantitative estimate of drug-likeness (QED) is 0.871. The summed E-state index contributed by atoms with van der Waals surface area (Å²) in [6.45, 7) is 0.892. The first-order chi connectivity index (χ1) is 10.2. The van der Waals surface area contributed by atoms with Crippen LogP contribution in [-0.2, 0) is 12.8 Å². The number of carbonyl (C=O) groups is 1. The van der Waals surface area contributed by atoms with Crippen LogP contribution in [0.15, 0.2) is 36.4 Å². The first kappa shape index (κ1) is 13.7. The molecule has 0 saturated heterocycles. The van der Waals surface area contributed by atoms with Crippen molar-refractivity contribution >= 4 is 11.5 Å². The highest BCUT2D eigenvalue weighted by atomic mass is 19.2. The zero-order valence-corrected chi connectivity index (χ0v) is 11.5. The highest BCUT2D eigenvalue weighted by Crippen LogP contribution is 2.26. The third-order valence-electron chi connectivity index (χ3n) is 3.78. The molecule has 0 aromatic heterocycles. The molecule has 0 spiro atoms. The lowest BCUT2D eigenvalue weighted by Gasteiger charge is -2.20. The van der Waals surface area contributed by atoms with E-state index in [1.807, 2.05) is 12.1 Å². The summed E-state index contributed by atoms with van der Waals surface area (Å²) < 4.78 is 26.9. The van der Waals surface area contributed by atoms with Gasteiger partial charge in [-0.25, -0.2) is 8.78 Å². The van der Waals surface area contributed by atoms with E-state index in [0.717, 1.165) is 36.7 Å². The normalized spacial score (nSPS) is 13.4. The van der Waals surface area contributed by atoms with E-state index in [1.54, 1.807) is 6.07 Å². The number of benzene rings is 2. The van der Waals surface area contributed by atoms with Gasteiger partial charge in [0.15, 0.2) is 17.4 Å². The second kappa shape index (κ2) is 5.64. The van der Waals surface area contributed by atoms with Crippen molar-refractivity contribution in [3.8, 4) is 0 Å². The molecule has 0 unspecified atom stereocenters. The second-order valence-corrected chi connectivity index (χ2v) is 5.17. The van der Waals surface area contributed by atoms with Crippen molar-refractivity contribution < 1.29 is 13.6 Å². The molecule has 4 heteroatoms. The average molecular weight is 287 g/mol. The monoisotopic (exact) mass is 287 g/mol. The number of nitrogens with one attached hydrogen (secondary N) is 1. The van der Waals surface area contributed by atoms with Gasteiger partial charge in [-0.1, -0.05) is 24.3 Å². The van der Waals surface area contributed by atoms with E-state index in [1.165, 1.54) is 12.1 Å². The summed E-state index contributed by atoms with van der Waals surface area (Å²) in [7, 11) is 0. The van der Waals surface area contributed by atoms with Gasteiger partial charge in [-0.2, -0.15) is 0 Å². The van der Waals surface area contributed by atoms with Crippen molar-refractivity contribution in [3.05, 3.63) is 64.7 Å². The molecule has 2 aromatic rings. The Morgan fingerprint density at radius 2 is 1.95 bits per heavy atom. The fourth-order valence-corrected chi connectivity index (χ4v) is 2.72. The molecule has 2 nitrogen and oxygen atoms in total. The smallest absolute Gasteiger partial charge is 0.167 e. The van der Waals surface area contributed by atoms with Gasteiger partial charge in [0.05, 0.1) is 0 Å². The Labute approximate surface area is 121 Å². The summed E-state index contributed by atoms with van der Waals surface area (Å²) >= 11 is 0. The highest BCUT2D eigenvalue weighted by molar-refractivity contribution is 6.00. The topological polar surface area (TPSA) is 29.1 Å². The van der Waals surface area contributed by atoms with Crippen LogP contribution in [0.2, 0.25) is 0 Å². The fraction of sp³-hybridized carbons (Fsp3) is 0.235. The number of carbonyl (C=O) groups excluding carboxylic acids is 1. The van der Waals surface area contributed by atoms with Crippen LogP contribution in [-0.4, -0.2) is 12.3 Å². The van der Waals surface area contributed by atoms with E-state index < -0.39 is 11.6 Å². The molecule has 0 atom stereocenters. The summed E-state index contributed by atoms with van der Waals surface area (Å²) in [5, 5.41) is 3.26. The molecule has 0 fully saturated rings. The van der Waals surface area contributed by atoms with Gasteiger partial charge in [0.2, 0.25) is 0 Å². The number of hydrogen-bond acceptors (Lipinski definition) is 2. The Bertz CT molecular complexity index is 697. The Hall–Kier alpha value is -2.23. The fourth-order valence-electron chi connectivity index (χ4n) is 2.72. The van der Waals surface area contributed by atoms with Crippen LogP contribution < -0.4 is 5.32 Å². The molecule has 0 amide bonds. The summed E-state index contributed by atoms with van der Waals surface area (Å²) in [4.78, 5) is 12.4. The highest BCUT2D eigenvalue weighted by Gasteiger charge is 2.19. The SMILES string of the molecule is O=C(Cc1cccc(F)c1F)c1cccc2c1CCCN2. The lowest BCUT2D eigenvalue weighted by Crippen LogP contribution is -2.16. The number of hydrogen-bond donors (Lipinski definition) is 1. The van der Waals surface area contributed by atoms with Crippen LogP contribution in [0.4, 0.5) is 14.5 Å². The molecule has 0 saturated carbocycles. The van der Waals surface area contributed by atoms with E-state index >= 15 is 0 Å². The lowest BCUT2D eigenvalue weighted by atomic mass is 9.92. The first-order valence-electron chi connectivity index (χ1n) is 6.98. The van der Waals surface area contributed by atoms with Crippen LogP contribution in [0.25, 0.3) is 0 Å². The predicted octanol–water partition coefficient (Wildman–Crippen LogP) is 3.75. The number of fused-ring (bicyclic) bond motifs is 1. The van der Waals surface area contributed by atoms with E-state index in [4.69, 9.17) is 0 Å². The van der Waals surface area contributed by atoms with Crippen molar-refractivity contribution in [3.63, 3.8) is 0 Å². The molecule has 0 radical (unpaired) electrons.